The molecule has 48 valence electrons. The van der Waals surface area contributed by atoms with Gasteiger partial charge in [-0.15, -0.1) is 11.6 Å². The number of ether oxygens (including phenoxy) is 1. The van der Waals surface area contributed by atoms with E-state index in [9.17, 15) is 0 Å². The lowest BCUT2D eigenvalue weighted by Gasteiger charge is -1.99. The van der Waals surface area contributed by atoms with Gasteiger partial charge < -0.3 is 4.74 Å². The van der Waals surface area contributed by atoms with Crippen LogP contribution in [0.1, 0.15) is 13.8 Å². The third-order valence-electron chi connectivity index (χ3n) is 0.558. The van der Waals surface area contributed by atoms with Crippen LogP contribution in [0.2, 0.25) is 0 Å². The standard InChI is InChI=1S/C6H11ClO/c1-3-4-8-5-6(2)7/h3-4,6H,5H2,1-2H3. The van der Waals surface area contributed by atoms with E-state index in [2.05, 4.69) is 0 Å². The van der Waals surface area contributed by atoms with Crippen molar-refractivity contribution in [2.45, 2.75) is 19.2 Å². The maximum Gasteiger partial charge on any atom is 0.103 e. The van der Waals surface area contributed by atoms with E-state index in [4.69, 9.17) is 16.3 Å². The highest BCUT2D eigenvalue weighted by Gasteiger charge is 1.90. The molecule has 0 aliphatic rings. The molecule has 8 heavy (non-hydrogen) atoms. The van der Waals surface area contributed by atoms with Gasteiger partial charge in [0.15, 0.2) is 0 Å². The first-order valence-corrected chi connectivity index (χ1v) is 3.08. The zero-order valence-electron chi connectivity index (χ0n) is 5.23. The average molecular weight is 135 g/mol. The Bertz CT molecular complexity index is 68.9. The molecule has 0 amide bonds. The Hall–Kier alpha value is -0.170. The molecule has 0 aromatic rings. The Morgan fingerprint density at radius 1 is 1.75 bits per heavy atom. The van der Waals surface area contributed by atoms with Crippen molar-refractivity contribution >= 4 is 11.6 Å². The van der Waals surface area contributed by atoms with Crippen LogP contribution in [-0.2, 0) is 4.74 Å². The molecule has 0 saturated heterocycles. The second-order valence-electron chi connectivity index (χ2n) is 1.58. The van der Waals surface area contributed by atoms with Gasteiger partial charge in [-0.25, -0.2) is 0 Å². The molecule has 2 heteroatoms. The van der Waals surface area contributed by atoms with Gasteiger partial charge in [-0.2, -0.15) is 0 Å². The summed E-state index contributed by atoms with van der Waals surface area (Å²) in [5.41, 5.74) is 0. The molecule has 0 fully saturated rings. The SMILES string of the molecule is CC=COCC(C)Cl. The molecule has 0 aliphatic carbocycles. The zero-order valence-corrected chi connectivity index (χ0v) is 5.98. The van der Waals surface area contributed by atoms with Crippen LogP contribution in [0.25, 0.3) is 0 Å². The number of hydrogen-bond donors (Lipinski definition) is 0. The third-order valence-corrected chi connectivity index (χ3v) is 0.684. The Balaban J connectivity index is 2.93. The molecule has 0 bridgehead atoms. The van der Waals surface area contributed by atoms with Crippen LogP contribution in [0.4, 0.5) is 0 Å². The van der Waals surface area contributed by atoms with Gasteiger partial charge in [0.1, 0.15) is 6.61 Å². The van der Waals surface area contributed by atoms with Gasteiger partial charge in [0, 0.05) is 0 Å². The molecule has 1 atom stereocenters. The third kappa shape index (κ3) is 5.83. The molecule has 1 nitrogen and oxygen atoms in total. The first kappa shape index (κ1) is 7.83. The van der Waals surface area contributed by atoms with Gasteiger partial charge in [-0.05, 0) is 13.8 Å². The Labute approximate surface area is 55.3 Å². The number of halogens is 1. The van der Waals surface area contributed by atoms with Crippen molar-refractivity contribution in [2.75, 3.05) is 6.61 Å². The molecule has 0 aliphatic heterocycles. The molecule has 0 saturated carbocycles. The van der Waals surface area contributed by atoms with Crippen LogP contribution in [0, 0.1) is 0 Å². The fourth-order valence-electron chi connectivity index (χ4n) is 0.284. The molecule has 0 N–H and O–H groups in total. The number of rotatable bonds is 3. The molecule has 0 radical (unpaired) electrons. The Morgan fingerprint density at radius 3 is 2.75 bits per heavy atom. The lowest BCUT2D eigenvalue weighted by Crippen LogP contribution is -1.99. The van der Waals surface area contributed by atoms with Gasteiger partial charge in [-0.3, -0.25) is 0 Å². The molecule has 0 aromatic carbocycles. The summed E-state index contributed by atoms with van der Waals surface area (Å²) in [5, 5.41) is 0.103. The molecule has 0 aromatic heterocycles. The predicted octanol–water partition coefficient (Wildman–Crippen LogP) is 2.16. The predicted molar refractivity (Wildman–Crippen MR) is 36.1 cm³/mol. The Kier molecular flexibility index (Phi) is 4.87. The van der Waals surface area contributed by atoms with Crippen LogP contribution in [0.5, 0.6) is 0 Å². The van der Waals surface area contributed by atoms with Crippen molar-refractivity contribution in [1.29, 1.82) is 0 Å². The van der Waals surface area contributed by atoms with E-state index >= 15 is 0 Å². The summed E-state index contributed by atoms with van der Waals surface area (Å²) in [7, 11) is 0. The van der Waals surface area contributed by atoms with Crippen molar-refractivity contribution in [3.05, 3.63) is 12.3 Å². The topological polar surface area (TPSA) is 9.23 Å². The quantitative estimate of drug-likeness (QED) is 0.425. The van der Waals surface area contributed by atoms with Crippen LogP contribution in [-0.4, -0.2) is 12.0 Å². The molecular weight excluding hydrogens is 124 g/mol. The normalized spacial score (nSPS) is 14.4. The molecule has 0 rings (SSSR count). The summed E-state index contributed by atoms with van der Waals surface area (Å²) < 4.78 is 4.93. The van der Waals surface area contributed by atoms with Crippen molar-refractivity contribution < 1.29 is 4.74 Å². The summed E-state index contributed by atoms with van der Waals surface area (Å²) >= 11 is 5.55. The van der Waals surface area contributed by atoms with E-state index in [-0.39, 0.29) is 5.38 Å². The summed E-state index contributed by atoms with van der Waals surface area (Å²) in [4.78, 5) is 0. The maximum atomic E-state index is 5.55. The van der Waals surface area contributed by atoms with Gasteiger partial charge >= 0.3 is 0 Å². The maximum absolute atomic E-state index is 5.55. The van der Waals surface area contributed by atoms with E-state index in [0.717, 1.165) is 0 Å². The van der Waals surface area contributed by atoms with Crippen molar-refractivity contribution in [2.24, 2.45) is 0 Å². The minimum Gasteiger partial charge on any atom is -0.500 e. The molecular formula is C6H11ClO. The zero-order chi connectivity index (χ0) is 6.41. The molecule has 1 unspecified atom stereocenters. The van der Waals surface area contributed by atoms with Gasteiger partial charge in [0.05, 0.1) is 11.6 Å². The number of allylic oxidation sites excluding steroid dienone is 1. The van der Waals surface area contributed by atoms with Gasteiger partial charge in [0.2, 0.25) is 0 Å². The average Bonchev–Trinajstić information content (AvgIpc) is 1.66. The van der Waals surface area contributed by atoms with Crippen molar-refractivity contribution in [3.63, 3.8) is 0 Å². The number of hydrogen-bond acceptors (Lipinski definition) is 1. The van der Waals surface area contributed by atoms with Crippen LogP contribution in [0.15, 0.2) is 12.3 Å². The molecule has 0 heterocycles. The highest BCUT2D eigenvalue weighted by atomic mass is 35.5. The smallest absolute Gasteiger partial charge is 0.103 e. The summed E-state index contributed by atoms with van der Waals surface area (Å²) in [6.07, 6.45) is 3.47. The van der Waals surface area contributed by atoms with E-state index in [0.29, 0.717) is 6.61 Å². The lowest BCUT2D eigenvalue weighted by atomic mass is 10.5. The van der Waals surface area contributed by atoms with E-state index in [1.165, 1.54) is 0 Å². The number of alkyl halides is 1. The van der Waals surface area contributed by atoms with Crippen LogP contribution >= 0.6 is 11.6 Å². The van der Waals surface area contributed by atoms with Gasteiger partial charge in [0.25, 0.3) is 0 Å². The van der Waals surface area contributed by atoms with Crippen molar-refractivity contribution in [1.82, 2.24) is 0 Å². The minimum absolute atomic E-state index is 0.103. The fraction of sp³-hybridized carbons (Fsp3) is 0.667. The summed E-state index contributed by atoms with van der Waals surface area (Å²) in [6, 6.07) is 0. The fourth-order valence-corrected chi connectivity index (χ4v) is 0.357. The highest BCUT2D eigenvalue weighted by Crippen LogP contribution is 1.93. The first-order valence-electron chi connectivity index (χ1n) is 2.64. The van der Waals surface area contributed by atoms with Gasteiger partial charge in [-0.1, -0.05) is 6.08 Å². The van der Waals surface area contributed by atoms with E-state index in [1.807, 2.05) is 19.9 Å². The lowest BCUT2D eigenvalue weighted by molar-refractivity contribution is 0.252. The van der Waals surface area contributed by atoms with E-state index in [1.54, 1.807) is 6.26 Å². The largest absolute Gasteiger partial charge is 0.500 e. The Morgan fingerprint density at radius 2 is 2.38 bits per heavy atom. The minimum atomic E-state index is 0.103. The summed E-state index contributed by atoms with van der Waals surface area (Å²) in [6.45, 7) is 4.38. The van der Waals surface area contributed by atoms with Crippen LogP contribution in [0.3, 0.4) is 0 Å². The van der Waals surface area contributed by atoms with Crippen LogP contribution < -0.4 is 0 Å². The van der Waals surface area contributed by atoms with Crippen molar-refractivity contribution in [3.8, 4) is 0 Å². The van der Waals surface area contributed by atoms with E-state index < -0.39 is 0 Å². The monoisotopic (exact) mass is 134 g/mol. The second kappa shape index (κ2) is 4.98. The highest BCUT2D eigenvalue weighted by molar-refractivity contribution is 6.20. The summed E-state index contributed by atoms with van der Waals surface area (Å²) in [5.74, 6) is 0. The molecule has 0 spiro atoms. The first-order chi connectivity index (χ1) is 3.77. The second-order valence-corrected chi connectivity index (χ2v) is 2.33.